The number of rotatable bonds is 4. The van der Waals surface area contributed by atoms with E-state index in [1.807, 2.05) is 11.1 Å². The Morgan fingerprint density at radius 2 is 1.73 bits per heavy atom. The van der Waals surface area contributed by atoms with Gasteiger partial charge < -0.3 is 20.7 Å². The van der Waals surface area contributed by atoms with Crippen molar-refractivity contribution in [1.29, 1.82) is 0 Å². The number of nitrogens with two attached hydrogens (primary N) is 1. The van der Waals surface area contributed by atoms with Crippen molar-refractivity contribution >= 4 is 11.7 Å². The normalized spacial score (nSPS) is 22.6. The molecule has 1 aromatic heterocycles. The number of carbonyl (C=O) groups excluding carboxylic acids is 1. The predicted molar refractivity (Wildman–Crippen MR) is 131 cm³/mol. The number of amides is 1. The van der Waals surface area contributed by atoms with Crippen LogP contribution in [0, 0.1) is 0 Å². The molecule has 3 aliphatic heterocycles. The first-order valence-corrected chi connectivity index (χ1v) is 12.6. The van der Waals surface area contributed by atoms with Gasteiger partial charge in [0.05, 0.1) is 0 Å². The Hall–Kier alpha value is -2.44. The second kappa shape index (κ2) is 9.82. The Morgan fingerprint density at radius 1 is 1.00 bits per heavy atom. The number of aromatic nitrogens is 1. The Morgan fingerprint density at radius 3 is 2.42 bits per heavy atom. The van der Waals surface area contributed by atoms with Gasteiger partial charge in [0.1, 0.15) is 5.82 Å². The molecular weight excluding hydrogens is 412 g/mol. The monoisotopic (exact) mass is 448 g/mol. The molecular formula is C27H36N4O2. The SMILES string of the molecule is CC(=O)N1CCC(c2cc(-c3ccc(C4CCOCC4)c([C@@H]4CCCN4)c3)cnc2N)CC1. The van der Waals surface area contributed by atoms with Gasteiger partial charge in [0.2, 0.25) is 5.91 Å². The summed E-state index contributed by atoms with van der Waals surface area (Å²) in [7, 11) is 0. The van der Waals surface area contributed by atoms with E-state index in [9.17, 15) is 4.79 Å². The maximum absolute atomic E-state index is 11.7. The third kappa shape index (κ3) is 4.78. The van der Waals surface area contributed by atoms with Crippen LogP contribution in [0.1, 0.15) is 80.0 Å². The van der Waals surface area contributed by atoms with E-state index in [0.717, 1.165) is 69.7 Å². The number of pyridine rings is 1. The van der Waals surface area contributed by atoms with E-state index in [-0.39, 0.29) is 5.91 Å². The first kappa shape index (κ1) is 22.4. The molecule has 0 spiro atoms. The van der Waals surface area contributed by atoms with Crippen molar-refractivity contribution in [1.82, 2.24) is 15.2 Å². The second-order valence-electron chi connectivity index (χ2n) is 9.86. The fourth-order valence-corrected chi connectivity index (χ4v) is 5.87. The summed E-state index contributed by atoms with van der Waals surface area (Å²) in [6.45, 7) is 6.05. The van der Waals surface area contributed by atoms with E-state index in [1.54, 1.807) is 6.92 Å². The molecule has 3 N–H and O–H groups in total. The molecule has 0 saturated carbocycles. The van der Waals surface area contributed by atoms with E-state index < -0.39 is 0 Å². The third-order valence-corrected chi connectivity index (χ3v) is 7.85. The Bertz CT molecular complexity index is 988. The van der Waals surface area contributed by atoms with Gasteiger partial charge in [-0.3, -0.25) is 4.79 Å². The van der Waals surface area contributed by atoms with Crippen LogP contribution in [0.5, 0.6) is 0 Å². The molecule has 0 radical (unpaired) electrons. The van der Waals surface area contributed by atoms with Crippen molar-refractivity contribution in [2.75, 3.05) is 38.6 Å². The number of benzene rings is 1. The maximum atomic E-state index is 11.7. The molecule has 2 aromatic rings. The lowest BCUT2D eigenvalue weighted by atomic mass is 9.83. The molecule has 176 valence electrons. The zero-order chi connectivity index (χ0) is 22.8. The molecule has 3 aliphatic rings. The van der Waals surface area contributed by atoms with Gasteiger partial charge in [-0.2, -0.15) is 0 Å². The molecule has 0 bridgehead atoms. The Balaban J connectivity index is 1.44. The summed E-state index contributed by atoms with van der Waals surface area (Å²) in [4.78, 5) is 18.2. The second-order valence-corrected chi connectivity index (χ2v) is 9.86. The number of piperidine rings is 1. The van der Waals surface area contributed by atoms with Crippen molar-refractivity contribution in [3.8, 4) is 11.1 Å². The van der Waals surface area contributed by atoms with Crippen molar-refractivity contribution in [2.45, 2.75) is 63.3 Å². The van der Waals surface area contributed by atoms with E-state index in [0.29, 0.717) is 23.7 Å². The number of hydrogen-bond acceptors (Lipinski definition) is 5. The van der Waals surface area contributed by atoms with Crippen LogP contribution in [0.3, 0.4) is 0 Å². The molecule has 4 heterocycles. The van der Waals surface area contributed by atoms with E-state index in [1.165, 1.54) is 29.5 Å². The van der Waals surface area contributed by atoms with Crippen LogP contribution in [0.15, 0.2) is 30.5 Å². The van der Waals surface area contributed by atoms with Gasteiger partial charge in [0.25, 0.3) is 0 Å². The van der Waals surface area contributed by atoms with Gasteiger partial charge in [-0.25, -0.2) is 4.98 Å². The molecule has 3 saturated heterocycles. The number of likely N-dealkylation sites (tertiary alicyclic amines) is 1. The van der Waals surface area contributed by atoms with Crippen LogP contribution >= 0.6 is 0 Å². The fraction of sp³-hybridized carbons (Fsp3) is 0.556. The molecule has 1 amide bonds. The molecule has 6 nitrogen and oxygen atoms in total. The highest BCUT2D eigenvalue weighted by Gasteiger charge is 2.27. The highest BCUT2D eigenvalue weighted by atomic mass is 16.5. The average molecular weight is 449 g/mol. The van der Waals surface area contributed by atoms with Gasteiger partial charge in [0, 0.05) is 51.0 Å². The Kier molecular flexibility index (Phi) is 6.65. The van der Waals surface area contributed by atoms with Crippen LogP contribution in [0.2, 0.25) is 0 Å². The van der Waals surface area contributed by atoms with Crippen LogP contribution in [-0.2, 0) is 9.53 Å². The highest BCUT2D eigenvalue weighted by Crippen LogP contribution is 2.39. The van der Waals surface area contributed by atoms with Gasteiger partial charge >= 0.3 is 0 Å². The molecule has 0 aliphatic carbocycles. The lowest BCUT2D eigenvalue weighted by Crippen LogP contribution is -2.36. The number of nitrogens with one attached hydrogen (secondary N) is 1. The fourth-order valence-electron chi connectivity index (χ4n) is 5.87. The summed E-state index contributed by atoms with van der Waals surface area (Å²) in [6.07, 6.45) is 8.42. The summed E-state index contributed by atoms with van der Waals surface area (Å²) in [6, 6.07) is 9.68. The van der Waals surface area contributed by atoms with Crippen LogP contribution < -0.4 is 11.1 Å². The predicted octanol–water partition coefficient (Wildman–Crippen LogP) is 4.38. The Labute approximate surface area is 196 Å². The summed E-state index contributed by atoms with van der Waals surface area (Å²) in [5.74, 6) is 1.71. The van der Waals surface area contributed by atoms with E-state index in [4.69, 9.17) is 10.5 Å². The smallest absolute Gasteiger partial charge is 0.219 e. The van der Waals surface area contributed by atoms with Gasteiger partial charge in [-0.1, -0.05) is 12.1 Å². The first-order chi connectivity index (χ1) is 16.1. The number of nitrogens with zero attached hydrogens (tertiary/aromatic N) is 2. The lowest BCUT2D eigenvalue weighted by molar-refractivity contribution is -0.129. The van der Waals surface area contributed by atoms with Crippen molar-refractivity contribution in [3.63, 3.8) is 0 Å². The molecule has 1 aromatic carbocycles. The van der Waals surface area contributed by atoms with Crippen LogP contribution in [0.4, 0.5) is 5.82 Å². The maximum Gasteiger partial charge on any atom is 0.219 e. The molecule has 5 rings (SSSR count). The van der Waals surface area contributed by atoms with E-state index >= 15 is 0 Å². The largest absolute Gasteiger partial charge is 0.383 e. The minimum Gasteiger partial charge on any atom is -0.383 e. The van der Waals surface area contributed by atoms with Gasteiger partial charge in [-0.15, -0.1) is 0 Å². The first-order valence-electron chi connectivity index (χ1n) is 12.6. The van der Waals surface area contributed by atoms with Crippen molar-refractivity contribution < 1.29 is 9.53 Å². The van der Waals surface area contributed by atoms with Gasteiger partial charge in [0.15, 0.2) is 0 Å². The lowest BCUT2D eigenvalue weighted by Gasteiger charge is -2.32. The third-order valence-electron chi connectivity index (χ3n) is 7.85. The quantitative estimate of drug-likeness (QED) is 0.726. The topological polar surface area (TPSA) is 80.5 Å². The summed E-state index contributed by atoms with van der Waals surface area (Å²) in [5.41, 5.74) is 12.7. The number of nitrogen functional groups attached to an aromatic ring is 1. The van der Waals surface area contributed by atoms with Crippen molar-refractivity contribution in [3.05, 3.63) is 47.2 Å². The molecule has 3 fully saturated rings. The molecule has 0 unspecified atom stereocenters. The summed E-state index contributed by atoms with van der Waals surface area (Å²) < 4.78 is 5.62. The van der Waals surface area contributed by atoms with Crippen LogP contribution in [-0.4, -0.2) is 48.6 Å². The summed E-state index contributed by atoms with van der Waals surface area (Å²) in [5, 5.41) is 3.72. The zero-order valence-corrected chi connectivity index (χ0v) is 19.7. The number of carbonyl (C=O) groups is 1. The van der Waals surface area contributed by atoms with Crippen LogP contribution in [0.25, 0.3) is 11.1 Å². The minimum absolute atomic E-state index is 0.158. The molecule has 6 heteroatoms. The average Bonchev–Trinajstić information content (AvgIpc) is 3.40. The zero-order valence-electron chi connectivity index (χ0n) is 19.7. The van der Waals surface area contributed by atoms with Crippen molar-refractivity contribution in [2.24, 2.45) is 0 Å². The standard InChI is InChI=1S/C27H36N4O2/c1-18(32)31-11-6-19(7-12-31)24-16-22(17-30-27(24)28)21-4-5-23(20-8-13-33-14-9-20)25(15-21)26-3-2-10-29-26/h4-5,15-17,19-20,26,29H,2-3,6-14H2,1H3,(H2,28,30)/t26-/m0/s1. The summed E-state index contributed by atoms with van der Waals surface area (Å²) >= 11 is 0. The molecule has 1 atom stereocenters. The highest BCUT2D eigenvalue weighted by molar-refractivity contribution is 5.73. The van der Waals surface area contributed by atoms with Gasteiger partial charge in [-0.05, 0) is 91.3 Å². The number of ether oxygens (including phenoxy) is 1. The number of anilines is 1. The minimum atomic E-state index is 0.158. The number of hydrogen-bond donors (Lipinski definition) is 2. The molecule has 33 heavy (non-hydrogen) atoms. The van der Waals surface area contributed by atoms with E-state index in [2.05, 4.69) is 34.6 Å².